The summed E-state index contributed by atoms with van der Waals surface area (Å²) in [5.74, 6) is -0.195. The average Bonchev–Trinajstić information content (AvgIpc) is 3.32. The lowest BCUT2D eigenvalue weighted by molar-refractivity contribution is 0.455. The summed E-state index contributed by atoms with van der Waals surface area (Å²) in [5.41, 5.74) is 2.76. The summed E-state index contributed by atoms with van der Waals surface area (Å²) >= 11 is 0. The standard InChI is InChI=1S/C27H21N5O3/c1-31(23(18-10-4-3-5-11-18)19-12-8-9-17(15-19)16-28)27-30-22(24(33)26(34)32(27)2)25-29-20-13-6-7-14-21(20)35-25/h3-15,23,33H,1-2H3. The zero-order chi connectivity index (χ0) is 24.5. The summed E-state index contributed by atoms with van der Waals surface area (Å²) < 4.78 is 7.07. The molecule has 1 atom stereocenters. The topological polar surface area (TPSA) is 108 Å². The first-order chi connectivity index (χ1) is 17.0. The molecule has 0 bridgehead atoms. The fourth-order valence-corrected chi connectivity index (χ4v) is 4.19. The van der Waals surface area contributed by atoms with Crippen LogP contribution in [0.2, 0.25) is 0 Å². The molecule has 1 N–H and O–H groups in total. The summed E-state index contributed by atoms with van der Waals surface area (Å²) in [6, 6.07) is 26.0. The Hall–Kier alpha value is -4.90. The second-order valence-corrected chi connectivity index (χ2v) is 8.12. The molecule has 0 radical (unpaired) electrons. The van der Waals surface area contributed by atoms with Crippen molar-refractivity contribution in [2.24, 2.45) is 7.05 Å². The Labute approximate surface area is 201 Å². The Balaban J connectivity index is 1.69. The monoisotopic (exact) mass is 463 g/mol. The van der Waals surface area contributed by atoms with Crippen molar-refractivity contribution < 1.29 is 9.52 Å². The van der Waals surface area contributed by atoms with Gasteiger partial charge in [-0.3, -0.25) is 9.36 Å². The van der Waals surface area contributed by atoms with Crippen molar-refractivity contribution in [1.29, 1.82) is 5.26 Å². The molecule has 0 aliphatic heterocycles. The summed E-state index contributed by atoms with van der Waals surface area (Å²) in [5, 5.41) is 20.1. The van der Waals surface area contributed by atoms with E-state index in [2.05, 4.69) is 16.0 Å². The smallest absolute Gasteiger partial charge is 0.297 e. The molecule has 2 heterocycles. The van der Waals surface area contributed by atoms with Crippen molar-refractivity contribution in [3.05, 3.63) is 106 Å². The second-order valence-electron chi connectivity index (χ2n) is 8.12. The molecular formula is C27H21N5O3. The molecule has 5 rings (SSSR count). The van der Waals surface area contributed by atoms with E-state index in [1.807, 2.05) is 72.6 Å². The number of fused-ring (bicyclic) bond motifs is 1. The molecule has 0 fully saturated rings. The quantitative estimate of drug-likeness (QED) is 0.412. The molecule has 2 aromatic heterocycles. The minimum atomic E-state index is -0.628. The molecule has 0 saturated carbocycles. The van der Waals surface area contributed by atoms with Crippen LogP contribution in [0.3, 0.4) is 0 Å². The number of hydrogen-bond acceptors (Lipinski definition) is 7. The van der Waals surface area contributed by atoms with Gasteiger partial charge in [0.2, 0.25) is 11.7 Å². The molecule has 0 saturated heterocycles. The van der Waals surface area contributed by atoms with E-state index in [-0.39, 0.29) is 17.6 Å². The van der Waals surface area contributed by atoms with Crippen LogP contribution in [0.1, 0.15) is 22.7 Å². The van der Waals surface area contributed by atoms with Gasteiger partial charge in [0.15, 0.2) is 11.3 Å². The lowest BCUT2D eigenvalue weighted by Gasteiger charge is -2.31. The first-order valence-corrected chi connectivity index (χ1v) is 10.9. The van der Waals surface area contributed by atoms with Crippen LogP contribution >= 0.6 is 0 Å². The Morgan fingerprint density at radius 3 is 2.46 bits per heavy atom. The fourth-order valence-electron chi connectivity index (χ4n) is 4.19. The van der Waals surface area contributed by atoms with E-state index in [9.17, 15) is 15.2 Å². The van der Waals surface area contributed by atoms with Gasteiger partial charge in [0.05, 0.1) is 17.7 Å². The van der Waals surface area contributed by atoms with E-state index in [0.29, 0.717) is 22.6 Å². The predicted octanol–water partition coefficient (Wildman–Crippen LogP) is 4.39. The highest BCUT2D eigenvalue weighted by molar-refractivity contribution is 5.76. The van der Waals surface area contributed by atoms with Crippen molar-refractivity contribution in [2.45, 2.75) is 6.04 Å². The number of oxazole rings is 1. The number of hydrogen-bond donors (Lipinski definition) is 1. The maximum atomic E-state index is 13.0. The Kier molecular flexibility index (Phi) is 5.51. The SMILES string of the molecule is CN(c1nc(-c2nc3ccccc3o2)c(O)c(=O)n1C)C(c1ccccc1)c1cccc(C#N)c1. The molecule has 8 heteroatoms. The van der Waals surface area contributed by atoms with Crippen LogP contribution in [-0.2, 0) is 7.05 Å². The zero-order valence-electron chi connectivity index (χ0n) is 19.1. The highest BCUT2D eigenvalue weighted by Gasteiger charge is 2.27. The number of nitrogens with zero attached hydrogens (tertiary/aromatic N) is 5. The zero-order valence-corrected chi connectivity index (χ0v) is 19.1. The van der Waals surface area contributed by atoms with Gasteiger partial charge in [-0.15, -0.1) is 0 Å². The third kappa shape index (κ3) is 3.89. The molecule has 172 valence electrons. The lowest BCUT2D eigenvalue weighted by Crippen LogP contribution is -2.32. The maximum absolute atomic E-state index is 13.0. The molecule has 0 aliphatic rings. The van der Waals surface area contributed by atoms with Crippen LogP contribution in [-0.4, -0.2) is 26.7 Å². The van der Waals surface area contributed by atoms with E-state index in [1.165, 1.54) is 4.57 Å². The summed E-state index contributed by atoms with van der Waals surface area (Å²) in [6.07, 6.45) is 0. The molecule has 0 aliphatic carbocycles. The minimum absolute atomic E-state index is 0.0382. The van der Waals surface area contributed by atoms with Gasteiger partial charge < -0.3 is 14.4 Å². The van der Waals surface area contributed by atoms with Crippen LogP contribution in [0.25, 0.3) is 22.7 Å². The molecule has 0 spiro atoms. The number of para-hydroxylation sites is 2. The summed E-state index contributed by atoms with van der Waals surface area (Å²) in [6.45, 7) is 0. The van der Waals surface area contributed by atoms with Crippen molar-refractivity contribution >= 4 is 17.0 Å². The Morgan fingerprint density at radius 1 is 1.00 bits per heavy atom. The number of nitriles is 1. The molecule has 1 unspecified atom stereocenters. The number of aromatic nitrogens is 3. The molecule has 3 aromatic carbocycles. The van der Waals surface area contributed by atoms with Crippen LogP contribution in [0.15, 0.2) is 88.1 Å². The third-order valence-corrected chi connectivity index (χ3v) is 5.89. The molecule has 35 heavy (non-hydrogen) atoms. The number of aromatic hydroxyl groups is 1. The largest absolute Gasteiger partial charge is 0.501 e. The van der Waals surface area contributed by atoms with E-state index >= 15 is 0 Å². The third-order valence-electron chi connectivity index (χ3n) is 5.89. The van der Waals surface area contributed by atoms with Crippen molar-refractivity contribution in [1.82, 2.24) is 14.5 Å². The Bertz CT molecular complexity index is 1600. The van der Waals surface area contributed by atoms with Gasteiger partial charge in [-0.25, -0.2) is 9.97 Å². The minimum Gasteiger partial charge on any atom is -0.501 e. The Morgan fingerprint density at radius 2 is 1.71 bits per heavy atom. The molecule has 0 amide bonds. The van der Waals surface area contributed by atoms with Crippen LogP contribution in [0.4, 0.5) is 5.95 Å². The van der Waals surface area contributed by atoms with Gasteiger partial charge in [0, 0.05) is 14.1 Å². The molecule has 8 nitrogen and oxygen atoms in total. The van der Waals surface area contributed by atoms with E-state index < -0.39 is 11.3 Å². The first-order valence-electron chi connectivity index (χ1n) is 10.9. The van der Waals surface area contributed by atoms with Crippen molar-refractivity contribution in [3.8, 4) is 23.4 Å². The second kappa shape index (κ2) is 8.80. The predicted molar refractivity (Wildman–Crippen MR) is 132 cm³/mol. The van der Waals surface area contributed by atoms with Gasteiger partial charge in [-0.2, -0.15) is 5.26 Å². The lowest BCUT2D eigenvalue weighted by atomic mass is 9.96. The van der Waals surface area contributed by atoms with Crippen molar-refractivity contribution in [3.63, 3.8) is 0 Å². The summed E-state index contributed by atoms with van der Waals surface area (Å²) in [7, 11) is 3.36. The maximum Gasteiger partial charge on any atom is 0.297 e. The van der Waals surface area contributed by atoms with Crippen molar-refractivity contribution in [2.75, 3.05) is 11.9 Å². The van der Waals surface area contributed by atoms with E-state index in [1.54, 1.807) is 25.2 Å². The molecule has 5 aromatic rings. The highest BCUT2D eigenvalue weighted by Crippen LogP contribution is 2.34. The average molecular weight is 463 g/mol. The van der Waals surface area contributed by atoms with Crippen LogP contribution < -0.4 is 10.5 Å². The van der Waals surface area contributed by atoms with Crippen LogP contribution in [0, 0.1) is 11.3 Å². The van der Waals surface area contributed by atoms with E-state index in [0.717, 1.165) is 11.1 Å². The van der Waals surface area contributed by atoms with Gasteiger partial charge in [-0.1, -0.05) is 54.6 Å². The number of benzene rings is 3. The van der Waals surface area contributed by atoms with Crippen LogP contribution in [0.5, 0.6) is 5.75 Å². The van der Waals surface area contributed by atoms with Gasteiger partial charge >= 0.3 is 0 Å². The van der Waals surface area contributed by atoms with E-state index in [4.69, 9.17) is 4.42 Å². The van der Waals surface area contributed by atoms with Gasteiger partial charge in [0.25, 0.3) is 11.4 Å². The fraction of sp³-hybridized carbons (Fsp3) is 0.111. The highest BCUT2D eigenvalue weighted by atomic mass is 16.4. The number of rotatable bonds is 5. The molecular weight excluding hydrogens is 442 g/mol. The van der Waals surface area contributed by atoms with Gasteiger partial charge in [0.1, 0.15) is 5.52 Å². The van der Waals surface area contributed by atoms with Gasteiger partial charge in [-0.05, 0) is 35.4 Å². The first kappa shape index (κ1) is 21.9. The normalized spacial score (nSPS) is 11.8. The number of anilines is 1. The summed E-state index contributed by atoms with van der Waals surface area (Å²) in [4.78, 5) is 23.9.